The number of nitrogens with two attached hydrogens (primary N) is 1. The van der Waals surface area contributed by atoms with Gasteiger partial charge in [0, 0.05) is 17.5 Å². The van der Waals surface area contributed by atoms with Crippen LogP contribution in [-0.4, -0.2) is 24.9 Å². The number of methoxy groups -OCH3 is 1. The number of para-hydroxylation sites is 1. The second-order valence-electron chi connectivity index (χ2n) is 4.70. The van der Waals surface area contributed by atoms with Crippen LogP contribution in [0.2, 0.25) is 0 Å². The van der Waals surface area contributed by atoms with Crippen LogP contribution in [0.1, 0.15) is 24.0 Å². The zero-order valence-electron chi connectivity index (χ0n) is 9.86. The molecule has 0 saturated heterocycles. The smallest absolute Gasteiger partial charge is 0.125 e. The predicted octanol–water partition coefficient (Wildman–Crippen LogP) is 1.35. The standard InChI is InChI=1S/C13H19NO2/c1-9-4-3-5-11(12(9)16-2)13(8-14)6-10(15)7-13/h3-5,10,15H,6-8,14H2,1-2H3. The van der Waals surface area contributed by atoms with Crippen molar-refractivity contribution >= 4 is 0 Å². The lowest BCUT2D eigenvalue weighted by molar-refractivity contribution is 0.0210. The number of benzene rings is 1. The van der Waals surface area contributed by atoms with Crippen molar-refractivity contribution < 1.29 is 9.84 Å². The second-order valence-corrected chi connectivity index (χ2v) is 4.70. The Morgan fingerprint density at radius 1 is 1.50 bits per heavy atom. The molecule has 2 rings (SSSR count). The lowest BCUT2D eigenvalue weighted by Crippen LogP contribution is -2.50. The van der Waals surface area contributed by atoms with Crippen molar-refractivity contribution in [1.29, 1.82) is 0 Å². The topological polar surface area (TPSA) is 55.5 Å². The van der Waals surface area contributed by atoms with Crippen molar-refractivity contribution in [3.63, 3.8) is 0 Å². The maximum atomic E-state index is 9.51. The van der Waals surface area contributed by atoms with E-state index < -0.39 is 0 Å². The first kappa shape index (κ1) is 11.4. The van der Waals surface area contributed by atoms with Crippen molar-refractivity contribution in [2.75, 3.05) is 13.7 Å². The molecule has 0 aromatic heterocycles. The van der Waals surface area contributed by atoms with Gasteiger partial charge in [0.25, 0.3) is 0 Å². The molecule has 16 heavy (non-hydrogen) atoms. The Balaban J connectivity index is 2.43. The SMILES string of the molecule is COc1c(C)cccc1C1(CN)CC(O)C1. The average Bonchev–Trinajstić information content (AvgIpc) is 2.24. The first-order valence-electron chi connectivity index (χ1n) is 5.65. The fourth-order valence-corrected chi connectivity index (χ4v) is 2.68. The van der Waals surface area contributed by atoms with Gasteiger partial charge in [-0.05, 0) is 25.3 Å². The van der Waals surface area contributed by atoms with Gasteiger partial charge in [-0.2, -0.15) is 0 Å². The molecule has 3 nitrogen and oxygen atoms in total. The molecule has 0 heterocycles. The summed E-state index contributed by atoms with van der Waals surface area (Å²) in [6.07, 6.45) is 1.26. The van der Waals surface area contributed by atoms with Crippen LogP contribution < -0.4 is 10.5 Å². The Morgan fingerprint density at radius 2 is 2.19 bits per heavy atom. The van der Waals surface area contributed by atoms with E-state index >= 15 is 0 Å². The fourth-order valence-electron chi connectivity index (χ4n) is 2.68. The summed E-state index contributed by atoms with van der Waals surface area (Å²) < 4.78 is 5.46. The van der Waals surface area contributed by atoms with Gasteiger partial charge in [0.1, 0.15) is 5.75 Å². The maximum absolute atomic E-state index is 9.51. The van der Waals surface area contributed by atoms with E-state index in [0.29, 0.717) is 6.54 Å². The molecule has 3 N–H and O–H groups in total. The lowest BCUT2D eigenvalue weighted by Gasteiger charge is -2.45. The van der Waals surface area contributed by atoms with Gasteiger partial charge < -0.3 is 15.6 Å². The number of hydrogen-bond donors (Lipinski definition) is 2. The zero-order chi connectivity index (χ0) is 11.8. The van der Waals surface area contributed by atoms with E-state index in [2.05, 4.69) is 6.07 Å². The van der Waals surface area contributed by atoms with E-state index in [1.807, 2.05) is 19.1 Å². The first-order chi connectivity index (χ1) is 7.63. The summed E-state index contributed by atoms with van der Waals surface area (Å²) in [7, 11) is 1.69. The molecule has 1 saturated carbocycles. The molecule has 88 valence electrons. The molecule has 0 radical (unpaired) electrons. The molecule has 1 aromatic rings. The van der Waals surface area contributed by atoms with Crippen LogP contribution in [0.15, 0.2) is 18.2 Å². The molecule has 0 bridgehead atoms. The summed E-state index contributed by atoms with van der Waals surface area (Å²) in [5, 5.41) is 9.51. The first-order valence-corrected chi connectivity index (χ1v) is 5.65. The highest BCUT2D eigenvalue weighted by Crippen LogP contribution is 2.47. The zero-order valence-corrected chi connectivity index (χ0v) is 9.86. The van der Waals surface area contributed by atoms with Crippen LogP contribution >= 0.6 is 0 Å². The minimum atomic E-state index is -0.214. The van der Waals surface area contributed by atoms with Crippen LogP contribution in [0.4, 0.5) is 0 Å². The Kier molecular flexibility index (Phi) is 2.91. The van der Waals surface area contributed by atoms with E-state index in [1.165, 1.54) is 0 Å². The number of aliphatic hydroxyl groups excluding tert-OH is 1. The Morgan fingerprint density at radius 3 is 2.69 bits per heavy atom. The minimum absolute atomic E-state index is 0.0865. The van der Waals surface area contributed by atoms with Crippen molar-refractivity contribution in [2.24, 2.45) is 5.73 Å². The molecule has 3 heteroatoms. The predicted molar refractivity (Wildman–Crippen MR) is 63.7 cm³/mol. The Labute approximate surface area is 96.2 Å². The van der Waals surface area contributed by atoms with E-state index in [4.69, 9.17) is 10.5 Å². The van der Waals surface area contributed by atoms with Crippen LogP contribution in [-0.2, 0) is 5.41 Å². The Bertz CT molecular complexity index is 384. The van der Waals surface area contributed by atoms with Crippen molar-refractivity contribution in [2.45, 2.75) is 31.3 Å². The normalized spacial score (nSPS) is 28.6. The summed E-state index contributed by atoms with van der Waals surface area (Å²) >= 11 is 0. The van der Waals surface area contributed by atoms with Gasteiger partial charge in [0.2, 0.25) is 0 Å². The van der Waals surface area contributed by atoms with Gasteiger partial charge >= 0.3 is 0 Å². The third-order valence-electron chi connectivity index (χ3n) is 3.63. The van der Waals surface area contributed by atoms with Crippen LogP contribution in [0.25, 0.3) is 0 Å². The van der Waals surface area contributed by atoms with Crippen molar-refractivity contribution in [1.82, 2.24) is 0 Å². The largest absolute Gasteiger partial charge is 0.496 e. The molecular formula is C13H19NO2. The minimum Gasteiger partial charge on any atom is -0.496 e. The molecule has 0 spiro atoms. The van der Waals surface area contributed by atoms with Gasteiger partial charge in [0.15, 0.2) is 0 Å². The third-order valence-corrected chi connectivity index (χ3v) is 3.63. The number of aryl methyl sites for hydroxylation is 1. The maximum Gasteiger partial charge on any atom is 0.125 e. The summed E-state index contributed by atoms with van der Waals surface area (Å²) in [5.74, 6) is 0.917. The molecule has 0 atom stereocenters. The molecular weight excluding hydrogens is 202 g/mol. The number of ether oxygens (including phenoxy) is 1. The summed E-state index contributed by atoms with van der Waals surface area (Å²) in [6.45, 7) is 2.59. The van der Waals surface area contributed by atoms with Crippen molar-refractivity contribution in [3.8, 4) is 5.75 Å². The summed E-state index contributed by atoms with van der Waals surface area (Å²) in [5.41, 5.74) is 8.04. The third kappa shape index (κ3) is 1.60. The number of aliphatic hydroxyl groups is 1. The lowest BCUT2D eigenvalue weighted by atomic mass is 9.62. The fraction of sp³-hybridized carbons (Fsp3) is 0.538. The molecule has 0 aliphatic heterocycles. The van der Waals surface area contributed by atoms with Crippen molar-refractivity contribution in [3.05, 3.63) is 29.3 Å². The number of rotatable bonds is 3. The van der Waals surface area contributed by atoms with E-state index in [1.54, 1.807) is 7.11 Å². The molecule has 1 fully saturated rings. The average molecular weight is 221 g/mol. The van der Waals surface area contributed by atoms with E-state index in [-0.39, 0.29) is 11.5 Å². The van der Waals surface area contributed by atoms with E-state index in [9.17, 15) is 5.11 Å². The highest BCUT2D eigenvalue weighted by molar-refractivity contribution is 5.47. The molecule has 1 aliphatic carbocycles. The Hall–Kier alpha value is -1.06. The molecule has 1 aromatic carbocycles. The monoisotopic (exact) mass is 221 g/mol. The molecule has 0 amide bonds. The molecule has 1 aliphatic rings. The van der Waals surface area contributed by atoms with Gasteiger partial charge in [-0.15, -0.1) is 0 Å². The molecule has 0 unspecified atom stereocenters. The van der Waals surface area contributed by atoms with Crippen LogP contribution in [0, 0.1) is 6.92 Å². The van der Waals surface area contributed by atoms with E-state index in [0.717, 1.165) is 29.7 Å². The van der Waals surface area contributed by atoms with Gasteiger partial charge in [0.05, 0.1) is 13.2 Å². The number of hydrogen-bond acceptors (Lipinski definition) is 3. The van der Waals surface area contributed by atoms with Crippen LogP contribution in [0.5, 0.6) is 5.75 Å². The summed E-state index contributed by atoms with van der Waals surface area (Å²) in [6, 6.07) is 6.11. The van der Waals surface area contributed by atoms with Gasteiger partial charge in [-0.1, -0.05) is 18.2 Å². The van der Waals surface area contributed by atoms with Gasteiger partial charge in [-0.3, -0.25) is 0 Å². The summed E-state index contributed by atoms with van der Waals surface area (Å²) in [4.78, 5) is 0. The van der Waals surface area contributed by atoms with Gasteiger partial charge in [-0.25, -0.2) is 0 Å². The quantitative estimate of drug-likeness (QED) is 0.810. The van der Waals surface area contributed by atoms with Crippen LogP contribution in [0.3, 0.4) is 0 Å². The highest BCUT2D eigenvalue weighted by atomic mass is 16.5. The highest BCUT2D eigenvalue weighted by Gasteiger charge is 2.45. The second kappa shape index (κ2) is 4.07.